The van der Waals surface area contributed by atoms with Crippen molar-refractivity contribution < 1.29 is 9.50 Å². The third-order valence-electron chi connectivity index (χ3n) is 4.63. The first-order valence-corrected chi connectivity index (χ1v) is 8.65. The molecular weight excluding hydrogens is 317 g/mol. The summed E-state index contributed by atoms with van der Waals surface area (Å²) in [4.78, 5) is 6.71. The van der Waals surface area contributed by atoms with E-state index in [4.69, 9.17) is 0 Å². The maximum absolute atomic E-state index is 14.1. The number of rotatable bonds is 7. The molecule has 132 valence electrons. The van der Waals surface area contributed by atoms with Gasteiger partial charge >= 0.3 is 0 Å². The summed E-state index contributed by atoms with van der Waals surface area (Å²) in [7, 11) is 2.02. The standard InChI is InChI=1S/C20H24FN3O/c1-3-24-18-11-7-10-16(21)20(18)22-19(24)14-23(2)17(12-13-25)15-8-5-4-6-9-15/h4-11,17,25H,3,12-14H2,1-2H3. The highest BCUT2D eigenvalue weighted by atomic mass is 19.1. The van der Waals surface area contributed by atoms with E-state index >= 15 is 0 Å². The van der Waals surface area contributed by atoms with Gasteiger partial charge in [-0.25, -0.2) is 9.37 Å². The fourth-order valence-corrected chi connectivity index (χ4v) is 3.41. The molecule has 0 aliphatic carbocycles. The van der Waals surface area contributed by atoms with Gasteiger partial charge in [-0.05, 0) is 38.1 Å². The zero-order valence-corrected chi connectivity index (χ0v) is 14.7. The molecule has 0 aliphatic rings. The molecule has 0 radical (unpaired) electrons. The van der Waals surface area contributed by atoms with E-state index in [1.807, 2.05) is 38.2 Å². The molecule has 2 aromatic carbocycles. The minimum absolute atomic E-state index is 0.0844. The van der Waals surface area contributed by atoms with Gasteiger partial charge in [0.15, 0.2) is 5.82 Å². The predicted molar refractivity (Wildman–Crippen MR) is 97.7 cm³/mol. The second kappa shape index (κ2) is 7.76. The highest BCUT2D eigenvalue weighted by Crippen LogP contribution is 2.26. The zero-order valence-electron chi connectivity index (χ0n) is 14.7. The Morgan fingerprint density at radius 2 is 1.92 bits per heavy atom. The number of aryl methyl sites for hydroxylation is 1. The van der Waals surface area contributed by atoms with E-state index in [-0.39, 0.29) is 18.5 Å². The van der Waals surface area contributed by atoms with E-state index < -0.39 is 0 Å². The quantitative estimate of drug-likeness (QED) is 0.711. The fourth-order valence-electron chi connectivity index (χ4n) is 3.41. The first kappa shape index (κ1) is 17.6. The van der Waals surface area contributed by atoms with Crippen molar-refractivity contribution in [1.82, 2.24) is 14.5 Å². The summed E-state index contributed by atoms with van der Waals surface area (Å²) in [5.41, 5.74) is 2.40. The third kappa shape index (κ3) is 3.57. The average Bonchev–Trinajstić information content (AvgIpc) is 2.98. The molecule has 0 fully saturated rings. The van der Waals surface area contributed by atoms with Crippen LogP contribution >= 0.6 is 0 Å². The van der Waals surface area contributed by atoms with Gasteiger partial charge in [-0.1, -0.05) is 36.4 Å². The lowest BCUT2D eigenvalue weighted by Crippen LogP contribution is -2.26. The smallest absolute Gasteiger partial charge is 0.151 e. The van der Waals surface area contributed by atoms with Crippen molar-refractivity contribution in [2.75, 3.05) is 13.7 Å². The maximum atomic E-state index is 14.1. The topological polar surface area (TPSA) is 41.3 Å². The number of fused-ring (bicyclic) bond motifs is 1. The molecule has 5 heteroatoms. The molecule has 1 unspecified atom stereocenters. The summed E-state index contributed by atoms with van der Waals surface area (Å²) >= 11 is 0. The Morgan fingerprint density at radius 3 is 2.60 bits per heavy atom. The summed E-state index contributed by atoms with van der Waals surface area (Å²) < 4.78 is 16.1. The van der Waals surface area contributed by atoms with E-state index in [2.05, 4.69) is 26.6 Å². The predicted octanol–water partition coefficient (Wildman–Crippen LogP) is 3.75. The summed E-state index contributed by atoms with van der Waals surface area (Å²) in [6.07, 6.45) is 0.640. The van der Waals surface area contributed by atoms with Crippen molar-refractivity contribution in [3.63, 3.8) is 0 Å². The van der Waals surface area contributed by atoms with Gasteiger partial charge in [-0.3, -0.25) is 4.90 Å². The number of aliphatic hydroxyl groups excluding tert-OH is 1. The molecule has 4 nitrogen and oxygen atoms in total. The minimum Gasteiger partial charge on any atom is -0.396 e. The van der Waals surface area contributed by atoms with Crippen molar-refractivity contribution in [3.8, 4) is 0 Å². The summed E-state index contributed by atoms with van der Waals surface area (Å²) in [5.74, 6) is 0.549. The summed E-state index contributed by atoms with van der Waals surface area (Å²) in [6, 6.07) is 15.3. The monoisotopic (exact) mass is 341 g/mol. The molecule has 0 aliphatic heterocycles. The molecule has 0 bridgehead atoms. The fraction of sp³-hybridized carbons (Fsp3) is 0.350. The first-order chi connectivity index (χ1) is 12.2. The summed E-state index contributed by atoms with van der Waals surface area (Å²) in [6.45, 7) is 3.47. The van der Waals surface area contributed by atoms with Crippen LogP contribution in [0.15, 0.2) is 48.5 Å². The van der Waals surface area contributed by atoms with Gasteiger partial charge in [0, 0.05) is 19.2 Å². The van der Waals surface area contributed by atoms with Crippen LogP contribution in [0.4, 0.5) is 4.39 Å². The number of hydrogen-bond acceptors (Lipinski definition) is 3. The van der Waals surface area contributed by atoms with Gasteiger partial charge in [-0.2, -0.15) is 0 Å². The van der Waals surface area contributed by atoms with Gasteiger partial charge in [0.25, 0.3) is 0 Å². The average molecular weight is 341 g/mol. The number of aliphatic hydroxyl groups is 1. The molecule has 1 heterocycles. The molecule has 3 rings (SSSR count). The van der Waals surface area contributed by atoms with Gasteiger partial charge in [0.1, 0.15) is 11.3 Å². The third-order valence-corrected chi connectivity index (χ3v) is 4.63. The molecule has 0 spiro atoms. The van der Waals surface area contributed by atoms with Crippen LogP contribution in [0.5, 0.6) is 0 Å². The molecule has 25 heavy (non-hydrogen) atoms. The lowest BCUT2D eigenvalue weighted by molar-refractivity contribution is 0.176. The highest BCUT2D eigenvalue weighted by molar-refractivity contribution is 5.76. The van der Waals surface area contributed by atoms with E-state index in [1.165, 1.54) is 6.07 Å². The van der Waals surface area contributed by atoms with Crippen molar-refractivity contribution in [2.45, 2.75) is 32.5 Å². The Bertz CT molecular complexity index is 832. The van der Waals surface area contributed by atoms with Crippen LogP contribution in [0.3, 0.4) is 0 Å². The molecular formula is C20H24FN3O. The van der Waals surface area contributed by atoms with Gasteiger partial charge in [0.05, 0.1) is 12.1 Å². The Morgan fingerprint density at radius 1 is 1.16 bits per heavy atom. The van der Waals surface area contributed by atoms with Crippen LogP contribution < -0.4 is 0 Å². The second-order valence-corrected chi connectivity index (χ2v) is 6.23. The molecule has 0 saturated heterocycles. The first-order valence-electron chi connectivity index (χ1n) is 8.65. The number of aromatic nitrogens is 2. The number of benzene rings is 2. The zero-order chi connectivity index (χ0) is 17.8. The van der Waals surface area contributed by atoms with Gasteiger partial charge in [-0.15, -0.1) is 0 Å². The van der Waals surface area contributed by atoms with Crippen LogP contribution in [0.2, 0.25) is 0 Å². The number of hydrogen-bond donors (Lipinski definition) is 1. The van der Waals surface area contributed by atoms with E-state index in [9.17, 15) is 9.50 Å². The maximum Gasteiger partial charge on any atom is 0.151 e. The summed E-state index contributed by atoms with van der Waals surface area (Å²) in [5, 5.41) is 9.47. The molecule has 0 saturated carbocycles. The molecule has 1 atom stereocenters. The molecule has 1 aromatic heterocycles. The SMILES string of the molecule is CCn1c(CN(C)C(CCO)c2ccccc2)nc2c(F)cccc21. The molecule has 1 N–H and O–H groups in total. The van der Waals surface area contributed by atoms with Crippen LogP contribution in [-0.4, -0.2) is 33.2 Å². The Hall–Kier alpha value is -2.24. The van der Waals surface area contributed by atoms with Crippen LogP contribution in [0, 0.1) is 5.82 Å². The number of para-hydroxylation sites is 1. The molecule has 0 amide bonds. The van der Waals surface area contributed by atoms with Crippen LogP contribution in [0.1, 0.15) is 30.8 Å². The van der Waals surface area contributed by atoms with Crippen molar-refractivity contribution in [2.24, 2.45) is 0 Å². The van der Waals surface area contributed by atoms with Crippen molar-refractivity contribution in [3.05, 3.63) is 65.7 Å². The number of imidazole rings is 1. The van der Waals surface area contributed by atoms with Gasteiger partial charge in [0.2, 0.25) is 0 Å². The Kier molecular flexibility index (Phi) is 5.46. The van der Waals surface area contributed by atoms with E-state index in [0.717, 1.165) is 23.4 Å². The minimum atomic E-state index is -0.288. The number of nitrogens with zero attached hydrogens (tertiary/aromatic N) is 3. The van der Waals surface area contributed by atoms with Crippen molar-refractivity contribution in [1.29, 1.82) is 0 Å². The Balaban J connectivity index is 1.92. The Labute approximate surface area is 147 Å². The largest absolute Gasteiger partial charge is 0.396 e. The van der Waals surface area contributed by atoms with Crippen LogP contribution in [0.25, 0.3) is 11.0 Å². The van der Waals surface area contributed by atoms with Crippen LogP contribution in [-0.2, 0) is 13.1 Å². The lowest BCUT2D eigenvalue weighted by Gasteiger charge is -2.28. The number of halogens is 1. The van der Waals surface area contributed by atoms with Crippen molar-refractivity contribution >= 4 is 11.0 Å². The lowest BCUT2D eigenvalue weighted by atomic mass is 10.0. The van der Waals surface area contributed by atoms with E-state index in [0.29, 0.717) is 18.5 Å². The van der Waals surface area contributed by atoms with Gasteiger partial charge < -0.3 is 9.67 Å². The molecule has 3 aromatic rings. The highest BCUT2D eigenvalue weighted by Gasteiger charge is 2.20. The second-order valence-electron chi connectivity index (χ2n) is 6.23. The normalized spacial score (nSPS) is 12.8. The van der Waals surface area contributed by atoms with E-state index in [1.54, 1.807) is 6.07 Å².